The normalized spacial score (nSPS) is 19.9. The number of hydrogen-bond donors (Lipinski definition) is 2. The molecule has 0 radical (unpaired) electrons. The first-order valence-electron chi connectivity index (χ1n) is 7.96. The Balaban J connectivity index is 2.55. The van der Waals surface area contributed by atoms with Gasteiger partial charge >= 0.3 is 0 Å². The molecule has 0 aromatic heterocycles. The lowest BCUT2D eigenvalue weighted by Crippen LogP contribution is -2.50. The van der Waals surface area contributed by atoms with Gasteiger partial charge in [-0.05, 0) is 51.9 Å². The van der Waals surface area contributed by atoms with Gasteiger partial charge in [-0.3, -0.25) is 0 Å². The van der Waals surface area contributed by atoms with Gasteiger partial charge in [0.1, 0.15) is 0 Å². The number of rotatable bonds is 6. The minimum absolute atomic E-state index is 0.0680. The molecule has 0 atom stereocenters. The zero-order valence-electron chi connectivity index (χ0n) is 13.6. The lowest BCUT2D eigenvalue weighted by atomic mass is 9.80. The van der Waals surface area contributed by atoms with E-state index in [0.29, 0.717) is 5.41 Å². The molecule has 0 saturated carbocycles. The molecule has 1 heterocycles. The van der Waals surface area contributed by atoms with Crippen LogP contribution < -0.4 is 5.32 Å². The molecule has 19 heavy (non-hydrogen) atoms. The van der Waals surface area contributed by atoms with Crippen molar-refractivity contribution in [2.45, 2.75) is 71.9 Å². The van der Waals surface area contributed by atoms with Crippen molar-refractivity contribution < 1.29 is 5.11 Å². The maximum atomic E-state index is 9.61. The van der Waals surface area contributed by atoms with Crippen LogP contribution in [-0.2, 0) is 0 Å². The van der Waals surface area contributed by atoms with Crippen molar-refractivity contribution >= 4 is 0 Å². The van der Waals surface area contributed by atoms with Gasteiger partial charge in [0.05, 0.1) is 6.10 Å². The van der Waals surface area contributed by atoms with Crippen LogP contribution in [0.25, 0.3) is 0 Å². The number of hydrogen-bond acceptors (Lipinski definition) is 3. The van der Waals surface area contributed by atoms with Crippen molar-refractivity contribution in [3.05, 3.63) is 0 Å². The number of aliphatic hydroxyl groups excluding tert-OH is 1. The van der Waals surface area contributed by atoms with Gasteiger partial charge in [-0.25, -0.2) is 0 Å². The molecule has 0 aromatic rings. The van der Waals surface area contributed by atoms with Crippen molar-refractivity contribution in [2.75, 3.05) is 26.2 Å². The van der Waals surface area contributed by atoms with Crippen LogP contribution in [0.1, 0.15) is 60.3 Å². The van der Waals surface area contributed by atoms with E-state index in [1.807, 2.05) is 0 Å². The Hall–Kier alpha value is -0.120. The van der Waals surface area contributed by atoms with E-state index >= 15 is 0 Å². The fourth-order valence-electron chi connectivity index (χ4n) is 2.78. The highest BCUT2D eigenvalue weighted by molar-refractivity contribution is 4.87. The Morgan fingerprint density at radius 2 is 1.63 bits per heavy atom. The minimum Gasteiger partial charge on any atom is -0.393 e. The van der Waals surface area contributed by atoms with Crippen molar-refractivity contribution in [1.29, 1.82) is 0 Å². The molecule has 1 rings (SSSR count). The average Bonchev–Trinajstić information content (AvgIpc) is 2.36. The van der Waals surface area contributed by atoms with Gasteiger partial charge < -0.3 is 15.3 Å². The Morgan fingerprint density at radius 1 is 1.11 bits per heavy atom. The predicted molar refractivity (Wildman–Crippen MR) is 82.5 cm³/mol. The molecular weight excluding hydrogens is 236 g/mol. The fourth-order valence-corrected chi connectivity index (χ4v) is 2.78. The smallest absolute Gasteiger partial charge is 0.0564 e. The SMILES string of the molecule is CCC(CC)(CNC(C)(C)C)CN1CCC(O)CC1. The van der Waals surface area contributed by atoms with E-state index in [1.165, 1.54) is 12.8 Å². The van der Waals surface area contributed by atoms with Crippen molar-refractivity contribution in [3.8, 4) is 0 Å². The van der Waals surface area contributed by atoms with Crippen LogP contribution in [0.15, 0.2) is 0 Å². The summed E-state index contributed by atoms with van der Waals surface area (Å²) in [6.45, 7) is 15.7. The topological polar surface area (TPSA) is 35.5 Å². The second-order valence-corrected chi connectivity index (χ2v) is 7.32. The standard InChI is InChI=1S/C16H34N2O/c1-6-16(7-2,12-17-15(3,4)5)13-18-10-8-14(19)9-11-18/h14,17,19H,6-13H2,1-5H3. The number of likely N-dealkylation sites (tertiary alicyclic amines) is 1. The zero-order valence-corrected chi connectivity index (χ0v) is 13.6. The van der Waals surface area contributed by atoms with Crippen LogP contribution in [0.5, 0.6) is 0 Å². The molecule has 1 fully saturated rings. The summed E-state index contributed by atoms with van der Waals surface area (Å²) >= 11 is 0. The van der Waals surface area contributed by atoms with Crippen molar-refractivity contribution in [3.63, 3.8) is 0 Å². The van der Waals surface area contributed by atoms with Gasteiger partial charge in [-0.1, -0.05) is 13.8 Å². The van der Waals surface area contributed by atoms with E-state index in [9.17, 15) is 5.11 Å². The molecule has 0 amide bonds. The van der Waals surface area contributed by atoms with Crippen molar-refractivity contribution in [1.82, 2.24) is 10.2 Å². The van der Waals surface area contributed by atoms with Gasteiger partial charge in [0.2, 0.25) is 0 Å². The molecule has 3 nitrogen and oxygen atoms in total. The van der Waals surface area contributed by atoms with Gasteiger partial charge in [-0.15, -0.1) is 0 Å². The molecule has 3 heteroatoms. The highest BCUT2D eigenvalue weighted by atomic mass is 16.3. The highest BCUT2D eigenvalue weighted by Gasteiger charge is 2.31. The number of piperidine rings is 1. The maximum Gasteiger partial charge on any atom is 0.0564 e. The van der Waals surface area contributed by atoms with E-state index in [2.05, 4.69) is 44.8 Å². The number of nitrogens with one attached hydrogen (secondary N) is 1. The maximum absolute atomic E-state index is 9.61. The van der Waals surface area contributed by atoms with Gasteiger partial charge in [0, 0.05) is 31.7 Å². The van der Waals surface area contributed by atoms with Crippen LogP contribution in [0.4, 0.5) is 0 Å². The molecule has 1 aliphatic heterocycles. The average molecular weight is 270 g/mol. The lowest BCUT2D eigenvalue weighted by molar-refractivity contribution is 0.0509. The second-order valence-electron chi connectivity index (χ2n) is 7.32. The summed E-state index contributed by atoms with van der Waals surface area (Å²) in [6.07, 6.45) is 4.24. The van der Waals surface area contributed by atoms with Crippen LogP contribution in [0.2, 0.25) is 0 Å². The molecule has 0 aromatic carbocycles. The summed E-state index contributed by atoms with van der Waals surface area (Å²) in [6, 6.07) is 0. The quantitative estimate of drug-likeness (QED) is 0.779. The zero-order chi connectivity index (χ0) is 14.5. The first-order chi connectivity index (χ1) is 8.80. The minimum atomic E-state index is -0.0680. The summed E-state index contributed by atoms with van der Waals surface area (Å²) in [5, 5.41) is 13.3. The van der Waals surface area contributed by atoms with E-state index in [4.69, 9.17) is 0 Å². The molecule has 1 saturated heterocycles. The molecule has 1 aliphatic rings. The molecule has 0 unspecified atom stereocenters. The molecule has 114 valence electrons. The Labute approximate surface area is 119 Å². The third-order valence-corrected chi connectivity index (χ3v) is 4.61. The summed E-state index contributed by atoms with van der Waals surface area (Å²) in [4.78, 5) is 2.55. The van der Waals surface area contributed by atoms with E-state index in [-0.39, 0.29) is 11.6 Å². The second kappa shape index (κ2) is 7.05. The van der Waals surface area contributed by atoms with Crippen LogP contribution in [0, 0.1) is 5.41 Å². The van der Waals surface area contributed by atoms with Crippen LogP contribution in [-0.4, -0.2) is 47.8 Å². The van der Waals surface area contributed by atoms with Crippen LogP contribution in [0.3, 0.4) is 0 Å². The van der Waals surface area contributed by atoms with Gasteiger partial charge in [0.15, 0.2) is 0 Å². The molecule has 2 N–H and O–H groups in total. The van der Waals surface area contributed by atoms with Crippen LogP contribution >= 0.6 is 0 Å². The summed E-state index contributed by atoms with van der Waals surface area (Å²) in [5.41, 5.74) is 0.559. The summed E-state index contributed by atoms with van der Waals surface area (Å²) < 4.78 is 0. The third kappa shape index (κ3) is 5.80. The summed E-state index contributed by atoms with van der Waals surface area (Å²) in [7, 11) is 0. The van der Waals surface area contributed by atoms with E-state index in [1.54, 1.807) is 0 Å². The largest absolute Gasteiger partial charge is 0.393 e. The molecular formula is C16H34N2O. The highest BCUT2D eigenvalue weighted by Crippen LogP contribution is 2.29. The summed E-state index contributed by atoms with van der Waals surface area (Å²) in [5.74, 6) is 0. The predicted octanol–water partition coefficient (Wildman–Crippen LogP) is 2.64. The van der Waals surface area contributed by atoms with Gasteiger partial charge in [0.25, 0.3) is 0 Å². The molecule has 0 spiro atoms. The first kappa shape index (κ1) is 16.9. The number of nitrogens with zero attached hydrogens (tertiary/aromatic N) is 1. The Bertz CT molecular complexity index is 248. The van der Waals surface area contributed by atoms with E-state index < -0.39 is 0 Å². The Kier molecular flexibility index (Phi) is 6.28. The van der Waals surface area contributed by atoms with Gasteiger partial charge in [-0.2, -0.15) is 0 Å². The molecule has 0 bridgehead atoms. The first-order valence-corrected chi connectivity index (χ1v) is 7.96. The monoisotopic (exact) mass is 270 g/mol. The lowest BCUT2D eigenvalue weighted by Gasteiger charge is -2.41. The van der Waals surface area contributed by atoms with E-state index in [0.717, 1.165) is 39.0 Å². The Morgan fingerprint density at radius 3 is 2.05 bits per heavy atom. The van der Waals surface area contributed by atoms with Crippen molar-refractivity contribution in [2.24, 2.45) is 5.41 Å². The fraction of sp³-hybridized carbons (Fsp3) is 1.00. The number of aliphatic hydroxyl groups is 1. The molecule has 0 aliphatic carbocycles. The third-order valence-electron chi connectivity index (χ3n) is 4.61.